The van der Waals surface area contributed by atoms with Gasteiger partial charge in [0, 0.05) is 38.7 Å². The summed E-state index contributed by atoms with van der Waals surface area (Å²) in [6, 6.07) is 10.5. The zero-order chi connectivity index (χ0) is 16.1. The highest BCUT2D eigenvalue weighted by Crippen LogP contribution is 2.24. The van der Waals surface area contributed by atoms with Gasteiger partial charge in [-0.1, -0.05) is 30.3 Å². The van der Waals surface area contributed by atoms with Gasteiger partial charge in [-0.25, -0.2) is 0 Å². The summed E-state index contributed by atoms with van der Waals surface area (Å²) in [7, 11) is 0. The van der Waals surface area contributed by atoms with Crippen molar-refractivity contribution in [2.45, 2.75) is 26.3 Å². The third-order valence-electron chi connectivity index (χ3n) is 5.03. The Morgan fingerprint density at radius 2 is 2.00 bits per heavy atom. The van der Waals surface area contributed by atoms with Gasteiger partial charge in [-0.3, -0.25) is 9.69 Å². The predicted molar refractivity (Wildman–Crippen MR) is 91.0 cm³/mol. The summed E-state index contributed by atoms with van der Waals surface area (Å²) in [5.41, 5.74) is 1.33. The Bertz CT molecular complexity index is 505. The van der Waals surface area contributed by atoms with Gasteiger partial charge in [0.1, 0.15) is 0 Å². The van der Waals surface area contributed by atoms with E-state index in [-0.39, 0.29) is 5.92 Å². The molecule has 2 atom stereocenters. The largest absolute Gasteiger partial charge is 0.381 e. The highest BCUT2D eigenvalue weighted by Gasteiger charge is 2.34. The molecule has 3 rings (SSSR count). The van der Waals surface area contributed by atoms with Gasteiger partial charge < -0.3 is 9.64 Å². The van der Waals surface area contributed by atoms with E-state index in [1.165, 1.54) is 5.56 Å². The van der Waals surface area contributed by atoms with E-state index in [4.69, 9.17) is 4.74 Å². The molecular formula is C19H28N2O2. The Hall–Kier alpha value is -1.39. The molecule has 2 heterocycles. The van der Waals surface area contributed by atoms with Gasteiger partial charge in [0.05, 0.1) is 12.5 Å². The molecule has 2 saturated heterocycles. The molecule has 1 amide bonds. The molecule has 2 aliphatic rings. The van der Waals surface area contributed by atoms with Crippen LogP contribution in [0.15, 0.2) is 30.3 Å². The summed E-state index contributed by atoms with van der Waals surface area (Å²) in [6.45, 7) is 8.27. The maximum Gasteiger partial charge on any atom is 0.227 e. The lowest BCUT2D eigenvalue weighted by Crippen LogP contribution is -2.36. The Kier molecular flexibility index (Phi) is 5.68. The topological polar surface area (TPSA) is 32.8 Å². The highest BCUT2D eigenvalue weighted by atomic mass is 16.5. The van der Waals surface area contributed by atoms with Crippen molar-refractivity contribution < 1.29 is 9.53 Å². The lowest BCUT2D eigenvalue weighted by Gasteiger charge is -2.21. The van der Waals surface area contributed by atoms with Crippen molar-refractivity contribution in [3.63, 3.8) is 0 Å². The zero-order valence-electron chi connectivity index (χ0n) is 14.1. The number of rotatable bonds is 6. The zero-order valence-corrected chi connectivity index (χ0v) is 14.1. The van der Waals surface area contributed by atoms with Gasteiger partial charge in [-0.2, -0.15) is 0 Å². The number of likely N-dealkylation sites (tertiary alicyclic amines) is 2. The van der Waals surface area contributed by atoms with Gasteiger partial charge >= 0.3 is 0 Å². The molecule has 4 nitrogen and oxygen atoms in total. The maximum absolute atomic E-state index is 12.7. The molecule has 1 aromatic carbocycles. The smallest absolute Gasteiger partial charge is 0.227 e. The lowest BCUT2D eigenvalue weighted by molar-refractivity contribution is -0.134. The van der Waals surface area contributed by atoms with Crippen molar-refractivity contribution in [1.29, 1.82) is 0 Å². The standard InChI is InChI=1S/C19H28N2O2/c1-2-23-15-17-8-11-21(13-17)19(22)18-9-10-20(14-18)12-16-6-4-3-5-7-16/h3-7,17-18H,2,8-15H2,1H3/t17-,18+/m1/s1. The normalized spacial score (nSPS) is 25.2. The van der Waals surface area contributed by atoms with E-state index < -0.39 is 0 Å². The minimum atomic E-state index is 0.185. The van der Waals surface area contributed by atoms with Gasteiger partial charge in [-0.05, 0) is 31.9 Å². The first kappa shape index (κ1) is 16.5. The summed E-state index contributed by atoms with van der Waals surface area (Å²) in [6.07, 6.45) is 2.09. The Morgan fingerprint density at radius 1 is 1.17 bits per heavy atom. The summed E-state index contributed by atoms with van der Waals surface area (Å²) >= 11 is 0. The molecule has 0 aliphatic carbocycles. The van der Waals surface area contributed by atoms with Crippen LogP contribution in [0.25, 0.3) is 0 Å². The van der Waals surface area contributed by atoms with Gasteiger partial charge in [0.15, 0.2) is 0 Å². The molecule has 0 N–H and O–H groups in total. The molecule has 126 valence electrons. The van der Waals surface area contributed by atoms with Crippen molar-refractivity contribution >= 4 is 5.91 Å². The van der Waals surface area contributed by atoms with E-state index in [1.807, 2.05) is 13.0 Å². The Labute approximate surface area is 139 Å². The van der Waals surface area contributed by atoms with Crippen LogP contribution in [0, 0.1) is 11.8 Å². The fourth-order valence-corrected chi connectivity index (χ4v) is 3.73. The average Bonchev–Trinajstić information content (AvgIpc) is 3.23. The van der Waals surface area contributed by atoms with E-state index in [2.05, 4.69) is 34.1 Å². The van der Waals surface area contributed by atoms with Crippen molar-refractivity contribution in [3.8, 4) is 0 Å². The molecular weight excluding hydrogens is 288 g/mol. The van der Waals surface area contributed by atoms with Crippen molar-refractivity contribution in [2.75, 3.05) is 39.4 Å². The van der Waals surface area contributed by atoms with Crippen LogP contribution in [0.2, 0.25) is 0 Å². The van der Waals surface area contributed by atoms with Gasteiger partial charge in [-0.15, -0.1) is 0 Å². The third-order valence-corrected chi connectivity index (χ3v) is 5.03. The van der Waals surface area contributed by atoms with Crippen molar-refractivity contribution in [1.82, 2.24) is 9.80 Å². The fraction of sp³-hybridized carbons (Fsp3) is 0.632. The number of hydrogen-bond acceptors (Lipinski definition) is 3. The lowest BCUT2D eigenvalue weighted by atomic mass is 10.1. The number of amides is 1. The second-order valence-electron chi connectivity index (χ2n) is 6.80. The SMILES string of the molecule is CCOC[C@@H]1CCN(C(=O)[C@H]2CCN(Cc3ccccc3)C2)C1. The van der Waals surface area contributed by atoms with Crippen LogP contribution in [-0.4, -0.2) is 55.1 Å². The molecule has 4 heteroatoms. The minimum Gasteiger partial charge on any atom is -0.381 e. The summed E-state index contributed by atoms with van der Waals surface area (Å²) in [5.74, 6) is 1.07. The third kappa shape index (κ3) is 4.33. The van der Waals surface area contributed by atoms with Gasteiger partial charge in [0.25, 0.3) is 0 Å². The number of ether oxygens (including phenoxy) is 1. The second-order valence-corrected chi connectivity index (χ2v) is 6.80. The fourth-order valence-electron chi connectivity index (χ4n) is 3.73. The second kappa shape index (κ2) is 7.93. The van der Waals surface area contributed by atoms with Gasteiger partial charge in [0.2, 0.25) is 5.91 Å². The van der Waals surface area contributed by atoms with Crippen LogP contribution < -0.4 is 0 Å². The molecule has 0 saturated carbocycles. The Balaban J connectivity index is 1.46. The van der Waals surface area contributed by atoms with E-state index >= 15 is 0 Å². The molecule has 23 heavy (non-hydrogen) atoms. The first-order valence-corrected chi connectivity index (χ1v) is 8.89. The van der Waals surface area contributed by atoms with E-state index in [0.717, 1.165) is 58.8 Å². The van der Waals surface area contributed by atoms with Crippen LogP contribution in [0.5, 0.6) is 0 Å². The molecule has 0 radical (unpaired) electrons. The molecule has 0 aromatic heterocycles. The van der Waals surface area contributed by atoms with E-state index in [0.29, 0.717) is 11.8 Å². The quantitative estimate of drug-likeness (QED) is 0.808. The molecule has 0 spiro atoms. The van der Waals surface area contributed by atoms with Crippen LogP contribution in [-0.2, 0) is 16.1 Å². The van der Waals surface area contributed by atoms with E-state index in [1.54, 1.807) is 0 Å². The van der Waals surface area contributed by atoms with E-state index in [9.17, 15) is 4.79 Å². The summed E-state index contributed by atoms with van der Waals surface area (Å²) in [5, 5.41) is 0. The number of carbonyl (C=O) groups excluding carboxylic acids is 1. The molecule has 2 fully saturated rings. The van der Waals surface area contributed by atoms with Crippen LogP contribution in [0.4, 0.5) is 0 Å². The Morgan fingerprint density at radius 3 is 2.78 bits per heavy atom. The maximum atomic E-state index is 12.7. The van der Waals surface area contributed by atoms with Crippen molar-refractivity contribution in [2.24, 2.45) is 11.8 Å². The molecule has 1 aromatic rings. The monoisotopic (exact) mass is 316 g/mol. The molecule has 0 bridgehead atoms. The number of hydrogen-bond donors (Lipinski definition) is 0. The summed E-state index contributed by atoms with van der Waals surface area (Å²) < 4.78 is 5.51. The average molecular weight is 316 g/mol. The molecule has 2 aliphatic heterocycles. The van der Waals surface area contributed by atoms with Crippen LogP contribution >= 0.6 is 0 Å². The first-order chi connectivity index (χ1) is 11.3. The predicted octanol–water partition coefficient (Wildman–Crippen LogP) is 2.39. The number of carbonyl (C=O) groups is 1. The number of nitrogens with zero attached hydrogens (tertiary/aromatic N) is 2. The van der Waals surface area contributed by atoms with Crippen molar-refractivity contribution in [3.05, 3.63) is 35.9 Å². The summed E-state index contributed by atoms with van der Waals surface area (Å²) in [4.78, 5) is 17.2. The number of benzene rings is 1. The first-order valence-electron chi connectivity index (χ1n) is 8.89. The van der Waals surface area contributed by atoms with Crippen LogP contribution in [0.1, 0.15) is 25.3 Å². The highest BCUT2D eigenvalue weighted by molar-refractivity contribution is 5.79. The molecule has 0 unspecified atom stereocenters. The minimum absolute atomic E-state index is 0.185. The van der Waals surface area contributed by atoms with Crippen LogP contribution in [0.3, 0.4) is 0 Å².